The number of rotatable bonds is 7. The van der Waals surface area contributed by atoms with Crippen molar-refractivity contribution < 1.29 is 14.3 Å². The number of anilines is 1. The number of benzene rings is 1. The van der Waals surface area contributed by atoms with Gasteiger partial charge in [0, 0.05) is 19.3 Å². The highest BCUT2D eigenvalue weighted by Crippen LogP contribution is 2.36. The number of unbranched alkanes of at least 4 members (excludes halogenated alkanes) is 1. The normalized spacial score (nSPS) is 15.9. The zero-order valence-electron chi connectivity index (χ0n) is 16.2. The van der Waals surface area contributed by atoms with Gasteiger partial charge in [0.1, 0.15) is 0 Å². The summed E-state index contributed by atoms with van der Waals surface area (Å²) in [5, 5.41) is 3.10. The van der Waals surface area contributed by atoms with Gasteiger partial charge in [-0.05, 0) is 37.8 Å². The van der Waals surface area contributed by atoms with Gasteiger partial charge in [0.15, 0.2) is 0 Å². The van der Waals surface area contributed by atoms with Crippen molar-refractivity contribution in [2.24, 2.45) is 0 Å². The van der Waals surface area contributed by atoms with Gasteiger partial charge < -0.3 is 14.8 Å². The fourth-order valence-electron chi connectivity index (χ4n) is 3.44. The van der Waals surface area contributed by atoms with Gasteiger partial charge in [-0.25, -0.2) is 4.98 Å². The van der Waals surface area contributed by atoms with Crippen LogP contribution in [0.4, 0.5) is 5.69 Å². The molecule has 2 aromatic rings. The summed E-state index contributed by atoms with van der Waals surface area (Å²) in [7, 11) is 0. The molecule has 1 amide bonds. The molecule has 3 rings (SSSR count). The Kier molecular flexibility index (Phi) is 6.45. The van der Waals surface area contributed by atoms with Gasteiger partial charge in [0.2, 0.25) is 11.8 Å². The van der Waals surface area contributed by atoms with Crippen LogP contribution in [0.3, 0.4) is 0 Å². The molecule has 5 nitrogen and oxygen atoms in total. The number of nitrogens with one attached hydrogen (secondary N) is 1. The van der Waals surface area contributed by atoms with E-state index in [1.165, 1.54) is 0 Å². The van der Waals surface area contributed by atoms with Gasteiger partial charge in [0.05, 0.1) is 23.4 Å². The number of hydrogen-bond acceptors (Lipinski definition) is 4. The zero-order valence-corrected chi connectivity index (χ0v) is 16.2. The Balaban J connectivity index is 1.78. The topological polar surface area (TPSA) is 60.5 Å². The number of pyridine rings is 1. The molecule has 1 fully saturated rings. The predicted octanol–water partition coefficient (Wildman–Crippen LogP) is 4.26. The zero-order chi connectivity index (χ0) is 19.1. The van der Waals surface area contributed by atoms with Gasteiger partial charge in [-0.1, -0.05) is 43.7 Å². The van der Waals surface area contributed by atoms with E-state index >= 15 is 0 Å². The fourth-order valence-corrected chi connectivity index (χ4v) is 3.44. The van der Waals surface area contributed by atoms with Crippen LogP contribution < -0.4 is 10.1 Å². The van der Waals surface area contributed by atoms with Crippen molar-refractivity contribution >= 4 is 11.6 Å². The summed E-state index contributed by atoms with van der Waals surface area (Å²) in [6, 6.07) is 13.7. The number of aryl methyl sites for hydroxylation is 1. The molecule has 0 bridgehead atoms. The summed E-state index contributed by atoms with van der Waals surface area (Å²) in [4.78, 5) is 17.8. The smallest absolute Gasteiger partial charge is 0.235 e. The Labute approximate surface area is 161 Å². The lowest BCUT2D eigenvalue weighted by molar-refractivity contribution is -0.125. The molecule has 1 aliphatic heterocycles. The van der Waals surface area contributed by atoms with Crippen LogP contribution in [-0.4, -0.2) is 30.7 Å². The monoisotopic (exact) mass is 368 g/mol. The van der Waals surface area contributed by atoms with E-state index in [0.717, 1.165) is 29.8 Å². The minimum Gasteiger partial charge on any atom is -0.478 e. The van der Waals surface area contributed by atoms with Crippen molar-refractivity contribution in [1.29, 1.82) is 0 Å². The number of carbonyl (C=O) groups excluding carboxylic acids is 1. The third-order valence-electron chi connectivity index (χ3n) is 5.16. The second-order valence-electron chi connectivity index (χ2n) is 7.00. The highest BCUT2D eigenvalue weighted by atomic mass is 16.5. The molecule has 1 aromatic carbocycles. The van der Waals surface area contributed by atoms with Crippen molar-refractivity contribution in [3.8, 4) is 5.88 Å². The second kappa shape index (κ2) is 9.00. The number of hydrogen-bond donors (Lipinski definition) is 1. The molecule has 144 valence electrons. The van der Waals surface area contributed by atoms with Crippen molar-refractivity contribution in [3.05, 3.63) is 53.7 Å². The maximum Gasteiger partial charge on any atom is 0.235 e. The molecule has 0 atom stereocenters. The molecule has 1 saturated heterocycles. The van der Waals surface area contributed by atoms with Crippen LogP contribution in [0.1, 0.15) is 43.9 Å². The Bertz CT molecular complexity index is 755. The highest BCUT2D eigenvalue weighted by Gasteiger charge is 2.41. The van der Waals surface area contributed by atoms with Gasteiger partial charge >= 0.3 is 0 Å². The maximum absolute atomic E-state index is 13.3. The average Bonchev–Trinajstić information content (AvgIpc) is 2.71. The van der Waals surface area contributed by atoms with Crippen LogP contribution in [0.2, 0.25) is 0 Å². The van der Waals surface area contributed by atoms with Gasteiger partial charge in [-0.2, -0.15) is 0 Å². The lowest BCUT2D eigenvalue weighted by Crippen LogP contribution is -2.45. The van der Waals surface area contributed by atoms with Crippen molar-refractivity contribution in [2.75, 3.05) is 25.1 Å². The van der Waals surface area contributed by atoms with Crippen LogP contribution in [0.25, 0.3) is 0 Å². The van der Waals surface area contributed by atoms with Crippen molar-refractivity contribution in [3.63, 3.8) is 0 Å². The molecule has 1 N–H and O–H groups in total. The van der Waals surface area contributed by atoms with Crippen LogP contribution >= 0.6 is 0 Å². The quantitative estimate of drug-likeness (QED) is 0.742. The van der Waals surface area contributed by atoms with Gasteiger partial charge in [0.25, 0.3) is 0 Å². The predicted molar refractivity (Wildman–Crippen MR) is 106 cm³/mol. The first-order chi connectivity index (χ1) is 13.2. The van der Waals surface area contributed by atoms with Crippen molar-refractivity contribution in [2.45, 2.75) is 44.9 Å². The first kappa shape index (κ1) is 19.4. The summed E-state index contributed by atoms with van der Waals surface area (Å²) < 4.78 is 11.2. The summed E-state index contributed by atoms with van der Waals surface area (Å²) in [5.41, 5.74) is 1.95. The lowest BCUT2D eigenvalue weighted by atomic mass is 9.73. The minimum atomic E-state index is -0.567. The third-order valence-corrected chi connectivity index (χ3v) is 5.16. The highest BCUT2D eigenvalue weighted by molar-refractivity contribution is 5.99. The molecule has 0 radical (unpaired) electrons. The van der Waals surface area contributed by atoms with Crippen LogP contribution in [0.5, 0.6) is 5.88 Å². The van der Waals surface area contributed by atoms with Crippen LogP contribution in [-0.2, 0) is 14.9 Å². The van der Waals surface area contributed by atoms with Gasteiger partial charge in [-0.3, -0.25) is 4.79 Å². The standard InChI is InChI=1S/C22H28N2O3/c1-3-4-14-27-20-11-10-19(17(2)23-20)24-21(25)22(12-15-26-16-13-22)18-8-6-5-7-9-18/h5-11H,3-4,12-16H2,1-2H3,(H,24,25). The lowest BCUT2D eigenvalue weighted by Gasteiger charge is -2.36. The molecular weight excluding hydrogens is 340 g/mol. The number of amides is 1. The van der Waals surface area contributed by atoms with E-state index in [-0.39, 0.29) is 5.91 Å². The molecule has 0 saturated carbocycles. The summed E-state index contributed by atoms with van der Waals surface area (Å²) in [6.07, 6.45) is 3.43. The molecule has 1 aromatic heterocycles. The van der Waals surface area contributed by atoms with E-state index in [4.69, 9.17) is 9.47 Å². The molecular formula is C22H28N2O3. The maximum atomic E-state index is 13.3. The van der Waals surface area contributed by atoms with Crippen LogP contribution in [0.15, 0.2) is 42.5 Å². The van der Waals surface area contributed by atoms with E-state index in [2.05, 4.69) is 17.2 Å². The van der Waals surface area contributed by atoms with E-state index in [1.807, 2.05) is 49.4 Å². The average molecular weight is 368 g/mol. The SMILES string of the molecule is CCCCOc1ccc(NC(=O)C2(c3ccccc3)CCOCC2)c(C)n1. The first-order valence-corrected chi connectivity index (χ1v) is 9.71. The number of aromatic nitrogens is 1. The van der Waals surface area contributed by atoms with Crippen LogP contribution in [0, 0.1) is 6.92 Å². The molecule has 0 unspecified atom stereocenters. The van der Waals surface area contributed by atoms with E-state index in [9.17, 15) is 4.79 Å². The minimum absolute atomic E-state index is 0.00144. The Hall–Kier alpha value is -2.40. The number of ether oxygens (including phenoxy) is 2. The van der Waals surface area contributed by atoms with E-state index in [1.54, 1.807) is 0 Å². The first-order valence-electron chi connectivity index (χ1n) is 9.71. The van der Waals surface area contributed by atoms with E-state index < -0.39 is 5.41 Å². The number of carbonyl (C=O) groups is 1. The summed E-state index contributed by atoms with van der Waals surface area (Å²) in [5.74, 6) is 0.601. The molecule has 27 heavy (non-hydrogen) atoms. The summed E-state index contributed by atoms with van der Waals surface area (Å²) >= 11 is 0. The van der Waals surface area contributed by atoms with Gasteiger partial charge in [-0.15, -0.1) is 0 Å². The molecule has 1 aliphatic rings. The number of nitrogens with zero attached hydrogens (tertiary/aromatic N) is 1. The second-order valence-corrected chi connectivity index (χ2v) is 7.00. The fraction of sp³-hybridized carbons (Fsp3) is 0.455. The largest absolute Gasteiger partial charge is 0.478 e. The Morgan fingerprint density at radius 1 is 1.19 bits per heavy atom. The van der Waals surface area contributed by atoms with Crippen molar-refractivity contribution in [1.82, 2.24) is 4.98 Å². The molecule has 0 aliphatic carbocycles. The molecule has 0 spiro atoms. The summed E-state index contributed by atoms with van der Waals surface area (Å²) in [6.45, 7) is 5.85. The molecule has 5 heteroatoms. The van der Waals surface area contributed by atoms with E-state index in [0.29, 0.717) is 38.5 Å². The molecule has 2 heterocycles. The third kappa shape index (κ3) is 4.48. The Morgan fingerprint density at radius 2 is 1.93 bits per heavy atom. The Morgan fingerprint density at radius 3 is 2.59 bits per heavy atom.